The van der Waals surface area contributed by atoms with E-state index in [0.29, 0.717) is 69.9 Å². The first-order valence-electron chi connectivity index (χ1n) is 40.2. The molecule has 1 aromatic carbocycles. The van der Waals surface area contributed by atoms with Gasteiger partial charge in [-0.3, -0.25) is 52.7 Å². The van der Waals surface area contributed by atoms with Crippen molar-refractivity contribution in [2.75, 3.05) is 68.2 Å². The normalized spacial score (nSPS) is 24.0. The highest BCUT2D eigenvalue weighted by Gasteiger charge is 2.47. The number of carbonyl (C=O) groups is 13. The lowest BCUT2D eigenvalue weighted by molar-refractivity contribution is -0.157. The number of carbonyl (C=O) groups excluding carboxylic acids is 13. The van der Waals surface area contributed by atoms with Crippen LogP contribution in [0.5, 0.6) is 0 Å². The summed E-state index contributed by atoms with van der Waals surface area (Å²) in [6.07, 6.45) is 3.18. The molecule has 1 aliphatic rings. The van der Waals surface area contributed by atoms with Crippen LogP contribution in [0, 0.1) is 41.4 Å². The molecule has 0 unspecified atom stereocenters. The lowest BCUT2D eigenvalue weighted by atomic mass is 9.90. The van der Waals surface area contributed by atoms with Gasteiger partial charge in [-0.15, -0.1) is 11.8 Å². The third-order valence-corrected chi connectivity index (χ3v) is 21.7. The summed E-state index contributed by atoms with van der Waals surface area (Å²) in [5, 5.41) is 25.4. The number of esters is 1. The first-order valence-corrected chi connectivity index (χ1v) is 41.3. The van der Waals surface area contributed by atoms with E-state index in [1.54, 1.807) is 92.6 Å². The van der Waals surface area contributed by atoms with Crippen molar-refractivity contribution >= 4 is 88.8 Å². The van der Waals surface area contributed by atoms with Gasteiger partial charge in [-0.2, -0.15) is 0 Å². The minimum absolute atomic E-state index is 0.0569. The van der Waals surface area contributed by atoms with Gasteiger partial charge in [0.15, 0.2) is 5.37 Å². The first-order chi connectivity index (χ1) is 51.6. The quantitative estimate of drug-likeness (QED) is 0.0325. The molecule has 28 nitrogen and oxygen atoms in total. The highest BCUT2D eigenvalue weighted by atomic mass is 32.2. The highest BCUT2D eigenvalue weighted by Crippen LogP contribution is 2.29. The summed E-state index contributed by atoms with van der Waals surface area (Å²) in [4.78, 5) is 200. The lowest BCUT2D eigenvalue weighted by Crippen LogP contribution is -2.64. The number of hydrogen-bond acceptors (Lipinski definition) is 17. The van der Waals surface area contributed by atoms with E-state index in [-0.39, 0.29) is 68.1 Å². The molecule has 1 fully saturated rings. The van der Waals surface area contributed by atoms with Crippen LogP contribution in [0.15, 0.2) is 30.3 Å². The Labute approximate surface area is 667 Å². The van der Waals surface area contributed by atoms with Crippen LogP contribution in [0.4, 0.5) is 4.79 Å². The Morgan fingerprint density at radius 2 is 0.991 bits per heavy atom. The molecule has 1 heterocycles. The van der Waals surface area contributed by atoms with Gasteiger partial charge in [0.2, 0.25) is 59.1 Å². The maximum absolute atomic E-state index is 15.7. The van der Waals surface area contributed by atoms with Crippen LogP contribution in [0.3, 0.4) is 0 Å². The Hall–Kier alpha value is -7.56. The van der Waals surface area contributed by atoms with Gasteiger partial charge in [0.25, 0.3) is 5.91 Å². The lowest BCUT2D eigenvalue weighted by Gasteiger charge is -2.41. The summed E-state index contributed by atoms with van der Waals surface area (Å²) in [5.74, 6) is -10.4. The van der Waals surface area contributed by atoms with E-state index >= 15 is 38.4 Å². The Morgan fingerprint density at radius 1 is 0.495 bits per heavy atom. The van der Waals surface area contributed by atoms with E-state index < -0.39 is 172 Å². The van der Waals surface area contributed by atoms with Crippen LogP contribution in [0.25, 0.3) is 0 Å². The van der Waals surface area contributed by atoms with Crippen LogP contribution in [-0.4, -0.2) is 262 Å². The predicted octanol–water partition coefficient (Wildman–Crippen LogP) is 8.25. The summed E-state index contributed by atoms with van der Waals surface area (Å²) in [6.45, 7) is 34.1. The Bertz CT molecular complexity index is 3190. The van der Waals surface area contributed by atoms with Gasteiger partial charge in [-0.05, 0) is 165 Å². The summed E-state index contributed by atoms with van der Waals surface area (Å²) in [7, 11) is 9.98. The van der Waals surface area contributed by atoms with E-state index in [1.165, 1.54) is 92.6 Å². The molecule has 0 radical (unpaired) electrons. The first kappa shape index (κ1) is 99.5. The molecular weight excluding hydrogens is 1440 g/mol. The second-order valence-corrected chi connectivity index (χ2v) is 34.9. The number of aliphatic hydroxyl groups excluding tert-OH is 1. The molecular formula is C82H142N12O16S. The topological polar surface area (TPSA) is 343 Å². The Kier molecular flexibility index (Phi) is 42.9. The molecule has 111 heavy (non-hydrogen) atoms. The Morgan fingerprint density at radius 3 is 1.52 bits per heavy atom. The van der Waals surface area contributed by atoms with Crippen LogP contribution in [-0.2, 0) is 62.2 Å². The number of amides is 12. The maximum atomic E-state index is 15.7. The van der Waals surface area contributed by atoms with Gasteiger partial charge in [0.05, 0.1) is 18.3 Å². The van der Waals surface area contributed by atoms with Gasteiger partial charge >= 0.3 is 12.1 Å². The SMILES string of the molecule is CC[C@@H]1NC(=O)[C@H]([C@H](O)[C@H](C)CCCCCCNC(=O)OC(C)(C)C)N(C)C(=O)[C@H](C(C)C)N(C)C(=O)[C@H](CC(C)C)N(C)C(=O)[C@H](CC(C)C)N(C)C(=O)[C@H](C)NC(=O)[C@@H](C)NC(=O)[C@@H](CCC(C)C)N(C)C(=O)[C@@H](C(C)C)NC(=O)[C@H](CC(C)C)N(C)C(=O)[C@@H](SCCCCCOC(=O)c2ccccc2)N(C)C1=O. The van der Waals surface area contributed by atoms with Gasteiger partial charge < -0.3 is 75.5 Å². The summed E-state index contributed by atoms with van der Waals surface area (Å²) < 4.78 is 10.9. The number of hydrogen-bond donors (Lipinski definition) is 6. The van der Waals surface area contributed by atoms with Crippen molar-refractivity contribution in [1.29, 1.82) is 0 Å². The molecule has 632 valence electrons. The van der Waals surface area contributed by atoms with Crippen LogP contribution in [0.2, 0.25) is 0 Å². The fourth-order valence-electron chi connectivity index (χ4n) is 13.5. The predicted molar refractivity (Wildman–Crippen MR) is 433 cm³/mol. The minimum atomic E-state index is -1.71. The fraction of sp³-hybridized carbons (Fsp3) is 0.768. The number of likely N-dealkylation sites (N-methyl/N-ethyl adjacent to an activating group) is 7. The number of rotatable bonds is 29. The van der Waals surface area contributed by atoms with E-state index in [4.69, 9.17) is 9.47 Å². The second kappa shape index (κ2) is 47.8. The molecule has 0 spiro atoms. The zero-order valence-corrected chi connectivity index (χ0v) is 72.8. The van der Waals surface area contributed by atoms with Crippen molar-refractivity contribution < 1.29 is 76.9 Å². The standard InChI is InChI=1S/C82H142N12O16S/c1-27-59-73(101)94(26)79(111-45-37-31-36-44-109-80(107)58-39-33-30-34-40-58)78(106)89(21)61(46-50(4)5)70(98)87-64(53(10)11)76(104)88(20)60(42-41-49(2)3)69(97)84-56(15)68(96)85-57(16)72(100)90(22)62(47-51(6)7)74(102)91(23)63(48-52(8)9)75(103)92(24)65(54(12)13)77(105)93(25)66(71(99)86-59)67(95)55(14)38-32-28-29-35-43-83-81(108)110-82(17,18)19/h30,33-34,39-40,49-57,59-67,79,95H,27-29,31-32,35-38,41-48H2,1-26H3,(H,83,108)(H,84,97)(H,85,96)(H,86,99)(H,87,98)/t55-,56-,57+,59+,60-,61+,62+,63+,64-,65+,66+,67-,79-/m1/s1. The summed E-state index contributed by atoms with van der Waals surface area (Å²) in [6, 6.07) is -4.46. The number of aliphatic hydroxyl groups is 1. The van der Waals surface area contributed by atoms with Crippen LogP contribution < -0.4 is 26.6 Å². The smallest absolute Gasteiger partial charge is 0.407 e. The number of unbranched alkanes of at least 4 members (excludes halogenated alkanes) is 5. The number of thioether (sulfide) groups is 1. The highest BCUT2D eigenvalue weighted by molar-refractivity contribution is 8.00. The molecule has 13 atom stereocenters. The van der Waals surface area contributed by atoms with Crippen molar-refractivity contribution in [3.8, 4) is 0 Å². The molecule has 29 heteroatoms. The number of benzene rings is 1. The van der Waals surface area contributed by atoms with Gasteiger partial charge in [0, 0.05) is 55.9 Å². The molecule has 0 saturated carbocycles. The van der Waals surface area contributed by atoms with Crippen molar-refractivity contribution in [2.45, 2.75) is 299 Å². The zero-order valence-electron chi connectivity index (χ0n) is 72.0. The largest absolute Gasteiger partial charge is 0.462 e. The van der Waals surface area contributed by atoms with Gasteiger partial charge in [0.1, 0.15) is 66.0 Å². The minimum Gasteiger partial charge on any atom is -0.462 e. The second-order valence-electron chi connectivity index (χ2n) is 33.7. The molecule has 6 N–H and O–H groups in total. The van der Waals surface area contributed by atoms with Crippen molar-refractivity contribution in [1.82, 2.24) is 60.9 Å². The van der Waals surface area contributed by atoms with E-state index in [0.717, 1.165) is 16.7 Å². The van der Waals surface area contributed by atoms with Crippen molar-refractivity contribution in [2.24, 2.45) is 41.4 Å². The van der Waals surface area contributed by atoms with Gasteiger partial charge in [-0.25, -0.2) is 9.59 Å². The average Bonchev–Trinajstić information content (AvgIpc) is 0.810. The van der Waals surface area contributed by atoms with E-state index in [9.17, 15) is 29.1 Å². The van der Waals surface area contributed by atoms with Gasteiger partial charge in [-0.1, -0.05) is 134 Å². The zero-order chi connectivity index (χ0) is 84.8. The molecule has 0 aliphatic carbocycles. The molecule has 0 bridgehead atoms. The number of ether oxygens (including phenoxy) is 2. The van der Waals surface area contributed by atoms with Crippen LogP contribution >= 0.6 is 11.8 Å². The third-order valence-electron chi connectivity index (χ3n) is 20.3. The molecule has 2 rings (SSSR count). The number of alkyl carbamates (subject to hydrolysis) is 1. The van der Waals surface area contributed by atoms with E-state index in [1.807, 2.05) is 55.4 Å². The molecule has 1 aliphatic heterocycles. The fourth-order valence-corrected chi connectivity index (χ4v) is 14.8. The van der Waals surface area contributed by atoms with E-state index in [2.05, 4.69) is 26.6 Å². The molecule has 12 amide bonds. The Balaban J connectivity index is 3.08. The average molecular weight is 1580 g/mol. The summed E-state index contributed by atoms with van der Waals surface area (Å²) in [5.41, 5.74) is -0.268. The maximum Gasteiger partial charge on any atom is 0.407 e. The van der Waals surface area contributed by atoms with Crippen LogP contribution in [0.1, 0.15) is 232 Å². The monoisotopic (exact) mass is 1580 g/mol. The van der Waals surface area contributed by atoms with Crippen molar-refractivity contribution in [3.05, 3.63) is 35.9 Å². The number of nitrogens with zero attached hydrogens (tertiary/aromatic N) is 7. The number of nitrogens with one attached hydrogen (secondary N) is 5. The molecule has 0 aromatic heterocycles. The third kappa shape index (κ3) is 31.7. The molecule has 1 saturated heterocycles. The van der Waals surface area contributed by atoms with Crippen molar-refractivity contribution in [3.63, 3.8) is 0 Å². The molecule has 1 aromatic rings. The summed E-state index contributed by atoms with van der Waals surface area (Å²) >= 11 is 1.12.